The summed E-state index contributed by atoms with van der Waals surface area (Å²) in [7, 11) is 0. The van der Waals surface area contributed by atoms with E-state index in [4.69, 9.17) is 0 Å². The second kappa shape index (κ2) is 20.9. The fourth-order valence-corrected chi connectivity index (χ4v) is 6.17. The summed E-state index contributed by atoms with van der Waals surface area (Å²) in [5, 5.41) is 0. The average molecular weight is 423 g/mol. The van der Waals surface area contributed by atoms with Gasteiger partial charge in [0.25, 0.3) is 0 Å². The first-order valence-electron chi connectivity index (χ1n) is 14.7. The van der Waals surface area contributed by atoms with Gasteiger partial charge >= 0.3 is 0 Å². The second-order valence-corrected chi connectivity index (χ2v) is 10.5. The van der Waals surface area contributed by atoms with Crippen LogP contribution in [0.25, 0.3) is 0 Å². The van der Waals surface area contributed by atoms with Gasteiger partial charge in [0.05, 0.1) is 0 Å². The Morgan fingerprint density at radius 1 is 0.367 bits per heavy atom. The van der Waals surface area contributed by atoms with Crippen molar-refractivity contribution in [3.63, 3.8) is 0 Å². The molecule has 0 radical (unpaired) electrons. The molecule has 0 fully saturated rings. The predicted molar refractivity (Wildman–Crippen MR) is 140 cm³/mol. The van der Waals surface area contributed by atoms with Gasteiger partial charge in [0.15, 0.2) is 0 Å². The molecule has 0 aliphatic rings. The van der Waals surface area contributed by atoms with Crippen LogP contribution in [-0.4, -0.2) is 0 Å². The monoisotopic (exact) mass is 422 g/mol. The summed E-state index contributed by atoms with van der Waals surface area (Å²) in [5.41, 5.74) is 0.635. The van der Waals surface area contributed by atoms with Gasteiger partial charge < -0.3 is 0 Å². The summed E-state index contributed by atoms with van der Waals surface area (Å²) in [6, 6.07) is 0. The van der Waals surface area contributed by atoms with Crippen LogP contribution in [0.1, 0.15) is 176 Å². The first-order chi connectivity index (χ1) is 14.7. The van der Waals surface area contributed by atoms with E-state index < -0.39 is 0 Å². The first kappa shape index (κ1) is 30.0. The molecule has 3 atom stereocenters. The van der Waals surface area contributed by atoms with E-state index in [1.54, 1.807) is 0 Å². The molecule has 3 unspecified atom stereocenters. The van der Waals surface area contributed by atoms with E-state index in [2.05, 4.69) is 41.5 Å². The molecule has 0 heterocycles. The van der Waals surface area contributed by atoms with Crippen molar-refractivity contribution in [3.8, 4) is 0 Å². The zero-order valence-corrected chi connectivity index (χ0v) is 22.5. The minimum absolute atomic E-state index is 0.635. The first-order valence-corrected chi connectivity index (χ1v) is 14.7. The van der Waals surface area contributed by atoms with Crippen molar-refractivity contribution < 1.29 is 0 Å². The van der Waals surface area contributed by atoms with E-state index in [0.717, 1.165) is 11.8 Å². The summed E-state index contributed by atoms with van der Waals surface area (Å²) in [5.74, 6) is 1.96. The molecule has 0 saturated heterocycles. The van der Waals surface area contributed by atoms with Crippen LogP contribution in [0, 0.1) is 17.3 Å². The van der Waals surface area contributed by atoms with Crippen LogP contribution >= 0.6 is 0 Å². The van der Waals surface area contributed by atoms with Gasteiger partial charge in [-0.1, -0.05) is 144 Å². The molecule has 0 amide bonds. The Balaban J connectivity index is 5.81. The molecule has 0 spiro atoms. The minimum Gasteiger partial charge on any atom is -0.0654 e. The van der Waals surface area contributed by atoms with Crippen LogP contribution in [0.2, 0.25) is 0 Å². The highest BCUT2D eigenvalue weighted by Crippen LogP contribution is 2.52. The van der Waals surface area contributed by atoms with Crippen LogP contribution in [0.4, 0.5) is 0 Å². The van der Waals surface area contributed by atoms with Crippen LogP contribution in [0.3, 0.4) is 0 Å². The number of hydrogen-bond acceptors (Lipinski definition) is 0. The summed E-state index contributed by atoms with van der Waals surface area (Å²) < 4.78 is 0. The fourth-order valence-electron chi connectivity index (χ4n) is 6.17. The number of rotatable bonds is 23. The SMILES string of the molecule is CCCCCCC(CCCC)C(CCCC)(CCCCCC)C(CCC)CCCC. The molecule has 0 aromatic rings. The lowest BCUT2D eigenvalue weighted by Crippen LogP contribution is -2.39. The largest absolute Gasteiger partial charge is 0.0654 e. The summed E-state index contributed by atoms with van der Waals surface area (Å²) in [6.07, 6.45) is 30.4. The van der Waals surface area contributed by atoms with Crippen LogP contribution in [-0.2, 0) is 0 Å². The molecule has 0 N–H and O–H groups in total. The Morgan fingerprint density at radius 2 is 0.800 bits per heavy atom. The highest BCUT2D eigenvalue weighted by molar-refractivity contribution is 4.92. The lowest BCUT2D eigenvalue weighted by molar-refractivity contribution is 0.0158. The maximum Gasteiger partial charge on any atom is -0.0241 e. The molecule has 0 aromatic heterocycles. The molecular formula is C30H62. The van der Waals surface area contributed by atoms with E-state index >= 15 is 0 Å². The molecule has 182 valence electrons. The van der Waals surface area contributed by atoms with Gasteiger partial charge in [-0.05, 0) is 49.4 Å². The van der Waals surface area contributed by atoms with Gasteiger partial charge in [0, 0.05) is 0 Å². The quantitative estimate of drug-likeness (QED) is 0.144. The van der Waals surface area contributed by atoms with E-state index in [1.807, 2.05) is 0 Å². The summed E-state index contributed by atoms with van der Waals surface area (Å²) in [4.78, 5) is 0. The third-order valence-electron chi connectivity index (χ3n) is 7.97. The Labute approximate surface area is 193 Å². The maximum absolute atomic E-state index is 2.45. The zero-order chi connectivity index (χ0) is 22.5. The molecule has 0 heteroatoms. The Hall–Kier alpha value is 0. The van der Waals surface area contributed by atoms with Crippen molar-refractivity contribution in [3.05, 3.63) is 0 Å². The van der Waals surface area contributed by atoms with Crippen molar-refractivity contribution >= 4 is 0 Å². The lowest BCUT2D eigenvalue weighted by atomic mass is 9.57. The molecule has 0 nitrogen and oxygen atoms in total. The van der Waals surface area contributed by atoms with Crippen molar-refractivity contribution in [2.75, 3.05) is 0 Å². The molecule has 0 aliphatic carbocycles. The third kappa shape index (κ3) is 12.1. The molecule has 0 aromatic carbocycles. The standard InChI is InChI=1S/C30H62/c1-7-13-18-20-25-29(24-16-10-4)30(26-17-11-5,27-21-19-14-8-2)28(22-12-6)23-15-9-3/h28-29H,7-27H2,1-6H3. The Kier molecular flexibility index (Phi) is 20.9. The zero-order valence-electron chi connectivity index (χ0n) is 22.5. The van der Waals surface area contributed by atoms with Crippen molar-refractivity contribution in [1.82, 2.24) is 0 Å². The molecule has 0 bridgehead atoms. The van der Waals surface area contributed by atoms with E-state index in [0.29, 0.717) is 5.41 Å². The van der Waals surface area contributed by atoms with Gasteiger partial charge in [-0.3, -0.25) is 0 Å². The third-order valence-corrected chi connectivity index (χ3v) is 7.97. The predicted octanol–water partition coefficient (Wildman–Crippen LogP) is 11.5. The Bertz CT molecular complexity index is 333. The maximum atomic E-state index is 2.45. The molecular weight excluding hydrogens is 360 g/mol. The van der Waals surface area contributed by atoms with Crippen LogP contribution in [0.15, 0.2) is 0 Å². The van der Waals surface area contributed by atoms with Gasteiger partial charge in [0.2, 0.25) is 0 Å². The average Bonchev–Trinajstić information content (AvgIpc) is 2.76. The topological polar surface area (TPSA) is 0 Å². The van der Waals surface area contributed by atoms with Crippen molar-refractivity contribution in [2.24, 2.45) is 17.3 Å². The van der Waals surface area contributed by atoms with E-state index in [-0.39, 0.29) is 0 Å². The normalized spacial score (nSPS) is 15.8. The number of unbranched alkanes of at least 4 members (excludes halogenated alkanes) is 9. The molecule has 30 heavy (non-hydrogen) atoms. The Morgan fingerprint density at radius 3 is 1.30 bits per heavy atom. The molecule has 0 aliphatic heterocycles. The number of hydrogen-bond donors (Lipinski definition) is 0. The highest BCUT2D eigenvalue weighted by atomic mass is 14.5. The van der Waals surface area contributed by atoms with Crippen LogP contribution < -0.4 is 0 Å². The minimum atomic E-state index is 0.635. The summed E-state index contributed by atoms with van der Waals surface area (Å²) >= 11 is 0. The summed E-state index contributed by atoms with van der Waals surface area (Å²) in [6.45, 7) is 14.4. The van der Waals surface area contributed by atoms with E-state index in [9.17, 15) is 0 Å². The lowest BCUT2D eigenvalue weighted by Gasteiger charge is -2.48. The van der Waals surface area contributed by atoms with Gasteiger partial charge in [-0.25, -0.2) is 0 Å². The van der Waals surface area contributed by atoms with Gasteiger partial charge in [0.1, 0.15) is 0 Å². The molecule has 0 saturated carbocycles. The van der Waals surface area contributed by atoms with Gasteiger partial charge in [-0.15, -0.1) is 0 Å². The highest BCUT2D eigenvalue weighted by Gasteiger charge is 2.42. The van der Waals surface area contributed by atoms with Crippen LogP contribution in [0.5, 0.6) is 0 Å². The van der Waals surface area contributed by atoms with Crippen molar-refractivity contribution in [2.45, 2.75) is 176 Å². The fraction of sp³-hybridized carbons (Fsp3) is 1.00. The van der Waals surface area contributed by atoms with Crippen molar-refractivity contribution in [1.29, 1.82) is 0 Å². The smallest absolute Gasteiger partial charge is 0.0241 e. The molecule has 0 rings (SSSR count). The second-order valence-electron chi connectivity index (χ2n) is 10.5. The van der Waals surface area contributed by atoms with Gasteiger partial charge in [-0.2, -0.15) is 0 Å². The van der Waals surface area contributed by atoms with E-state index in [1.165, 1.54) is 135 Å².